The van der Waals surface area contributed by atoms with Gasteiger partial charge in [0.1, 0.15) is 0 Å². The average molecular weight is 238 g/mol. The molecule has 0 bridgehead atoms. The van der Waals surface area contributed by atoms with E-state index in [2.05, 4.69) is 5.10 Å². The zero-order chi connectivity index (χ0) is 12.6. The predicted molar refractivity (Wildman–Crippen MR) is 62.4 cm³/mol. The molecule has 1 aliphatic rings. The quantitative estimate of drug-likeness (QED) is 0.760. The highest BCUT2D eigenvalue weighted by Gasteiger charge is 2.30. The van der Waals surface area contributed by atoms with Crippen molar-refractivity contribution in [2.24, 2.45) is 5.73 Å². The van der Waals surface area contributed by atoms with Crippen LogP contribution in [0.5, 0.6) is 0 Å². The minimum atomic E-state index is -0.237. The third-order valence-corrected chi connectivity index (χ3v) is 3.10. The normalized spacial score (nSPS) is 23.3. The predicted octanol–water partition coefficient (Wildman–Crippen LogP) is -0.261. The first-order chi connectivity index (χ1) is 8.02. The number of aliphatic hydroxyl groups excluding tert-OH is 1. The zero-order valence-corrected chi connectivity index (χ0v) is 10.1. The first-order valence-corrected chi connectivity index (χ1v) is 5.70. The maximum Gasteiger partial charge on any atom is 0.274 e. The highest BCUT2D eigenvalue weighted by atomic mass is 16.3. The van der Waals surface area contributed by atoms with Gasteiger partial charge in [0.25, 0.3) is 5.91 Å². The molecule has 0 aromatic carbocycles. The maximum absolute atomic E-state index is 11.9. The zero-order valence-electron chi connectivity index (χ0n) is 10.1. The first-order valence-electron chi connectivity index (χ1n) is 5.70. The van der Waals surface area contributed by atoms with Crippen molar-refractivity contribution in [3.05, 3.63) is 17.5 Å². The lowest BCUT2D eigenvalue weighted by atomic mass is 9.90. The molecule has 0 radical (unpaired) electrons. The second-order valence-corrected chi connectivity index (χ2v) is 4.67. The van der Waals surface area contributed by atoms with Crippen molar-refractivity contribution >= 4 is 5.91 Å². The number of amides is 1. The summed E-state index contributed by atoms with van der Waals surface area (Å²) < 4.78 is 1.76. The molecule has 0 unspecified atom stereocenters. The number of nitrogens with zero attached hydrogens (tertiary/aromatic N) is 3. The van der Waals surface area contributed by atoms with Gasteiger partial charge < -0.3 is 15.7 Å². The fourth-order valence-corrected chi connectivity index (χ4v) is 1.93. The maximum atomic E-state index is 11.9. The first kappa shape index (κ1) is 12.1. The second kappa shape index (κ2) is 4.46. The van der Waals surface area contributed by atoms with E-state index in [9.17, 15) is 9.90 Å². The number of carbonyl (C=O) groups excluding carboxylic acids is 1. The summed E-state index contributed by atoms with van der Waals surface area (Å²) >= 11 is 0. The minimum absolute atomic E-state index is 0.135. The molecule has 94 valence electrons. The van der Waals surface area contributed by atoms with Gasteiger partial charge in [-0.25, -0.2) is 0 Å². The molecule has 0 atom stereocenters. The Balaban J connectivity index is 2.24. The van der Waals surface area contributed by atoms with Crippen molar-refractivity contribution in [2.45, 2.75) is 31.5 Å². The Morgan fingerprint density at radius 1 is 1.65 bits per heavy atom. The van der Waals surface area contributed by atoms with Gasteiger partial charge in [0.15, 0.2) is 5.69 Å². The van der Waals surface area contributed by atoms with Crippen molar-refractivity contribution in [3.63, 3.8) is 0 Å². The molecule has 2 rings (SSSR count). The molecule has 1 aliphatic carbocycles. The van der Waals surface area contributed by atoms with E-state index in [0.717, 1.165) is 5.56 Å². The minimum Gasteiger partial charge on any atom is -0.393 e. The van der Waals surface area contributed by atoms with Crippen molar-refractivity contribution in [1.82, 2.24) is 14.7 Å². The standard InChI is InChI=1S/C11H18N4O2/c1-14(2)11(17)10-7(5-12)6-15(13-10)8-3-9(16)4-8/h6,8-9,16H,3-5,12H2,1-2H3/t8-,9+. The molecule has 0 saturated heterocycles. The van der Waals surface area contributed by atoms with Gasteiger partial charge >= 0.3 is 0 Å². The lowest BCUT2D eigenvalue weighted by molar-refractivity contribution is 0.0431. The van der Waals surface area contributed by atoms with Crippen LogP contribution < -0.4 is 5.73 Å². The largest absolute Gasteiger partial charge is 0.393 e. The highest BCUT2D eigenvalue weighted by molar-refractivity contribution is 5.93. The number of aliphatic hydroxyl groups is 1. The van der Waals surface area contributed by atoms with E-state index < -0.39 is 0 Å². The van der Waals surface area contributed by atoms with E-state index in [1.165, 1.54) is 4.90 Å². The third-order valence-electron chi connectivity index (χ3n) is 3.10. The molecule has 1 heterocycles. The summed E-state index contributed by atoms with van der Waals surface area (Å²) in [6.45, 7) is 0.296. The van der Waals surface area contributed by atoms with Crippen LogP contribution >= 0.6 is 0 Å². The van der Waals surface area contributed by atoms with Crippen LogP contribution in [0.3, 0.4) is 0 Å². The van der Waals surface area contributed by atoms with E-state index in [1.807, 2.05) is 6.20 Å². The fourth-order valence-electron chi connectivity index (χ4n) is 1.93. The van der Waals surface area contributed by atoms with Crippen LogP contribution in [0.1, 0.15) is 34.9 Å². The third kappa shape index (κ3) is 2.18. The van der Waals surface area contributed by atoms with Crippen molar-refractivity contribution in [2.75, 3.05) is 14.1 Å². The summed E-state index contributed by atoms with van der Waals surface area (Å²) in [4.78, 5) is 13.4. The Kier molecular flexibility index (Phi) is 3.17. The Bertz CT molecular complexity index is 421. The summed E-state index contributed by atoms with van der Waals surface area (Å²) in [5, 5.41) is 13.6. The van der Waals surface area contributed by atoms with Crippen LogP contribution in [0.15, 0.2) is 6.20 Å². The molecule has 6 heteroatoms. The Hall–Kier alpha value is -1.40. The van der Waals surface area contributed by atoms with Gasteiger partial charge in [0.05, 0.1) is 12.1 Å². The lowest BCUT2D eigenvalue weighted by Crippen LogP contribution is -2.31. The van der Waals surface area contributed by atoms with Crippen molar-refractivity contribution < 1.29 is 9.90 Å². The molecule has 0 aliphatic heterocycles. The van der Waals surface area contributed by atoms with E-state index in [0.29, 0.717) is 25.1 Å². The van der Waals surface area contributed by atoms with E-state index in [1.54, 1.807) is 18.8 Å². The number of rotatable bonds is 3. The molecular formula is C11H18N4O2. The second-order valence-electron chi connectivity index (χ2n) is 4.67. The number of carbonyl (C=O) groups is 1. The van der Waals surface area contributed by atoms with E-state index >= 15 is 0 Å². The summed E-state index contributed by atoms with van der Waals surface area (Å²) in [6.07, 6.45) is 2.97. The molecule has 6 nitrogen and oxygen atoms in total. The lowest BCUT2D eigenvalue weighted by Gasteiger charge is -2.31. The van der Waals surface area contributed by atoms with E-state index in [-0.39, 0.29) is 18.1 Å². The smallest absolute Gasteiger partial charge is 0.274 e. The van der Waals surface area contributed by atoms with Gasteiger partial charge in [-0.1, -0.05) is 0 Å². The van der Waals surface area contributed by atoms with Crippen LogP contribution in [-0.2, 0) is 6.54 Å². The van der Waals surface area contributed by atoms with E-state index in [4.69, 9.17) is 5.73 Å². The number of hydrogen-bond donors (Lipinski definition) is 2. The molecule has 3 N–H and O–H groups in total. The van der Waals surface area contributed by atoms with Gasteiger partial charge in [-0.2, -0.15) is 5.10 Å². The topological polar surface area (TPSA) is 84.4 Å². The molecule has 1 saturated carbocycles. The SMILES string of the molecule is CN(C)C(=O)c1nn([C@H]2C[C@@H](O)C2)cc1CN. The number of aromatic nitrogens is 2. The van der Waals surface area contributed by atoms with Crippen LogP contribution in [0.4, 0.5) is 0 Å². The Morgan fingerprint density at radius 3 is 2.76 bits per heavy atom. The summed E-state index contributed by atoms with van der Waals surface area (Å²) in [6, 6.07) is 0.194. The molecule has 17 heavy (non-hydrogen) atoms. The summed E-state index contributed by atoms with van der Waals surface area (Å²) in [7, 11) is 3.38. The highest BCUT2D eigenvalue weighted by Crippen LogP contribution is 2.32. The number of nitrogens with two attached hydrogens (primary N) is 1. The van der Waals surface area contributed by atoms with Crippen LogP contribution in [0.25, 0.3) is 0 Å². The van der Waals surface area contributed by atoms with Crippen LogP contribution in [-0.4, -0.2) is 45.9 Å². The van der Waals surface area contributed by atoms with Crippen LogP contribution in [0, 0.1) is 0 Å². The average Bonchev–Trinajstić information content (AvgIpc) is 2.66. The van der Waals surface area contributed by atoms with Gasteiger partial charge in [-0.05, 0) is 12.8 Å². The van der Waals surface area contributed by atoms with Crippen molar-refractivity contribution in [1.29, 1.82) is 0 Å². The van der Waals surface area contributed by atoms with Gasteiger partial charge in [0, 0.05) is 32.4 Å². The molecule has 1 aromatic heterocycles. The molecule has 1 fully saturated rings. The monoisotopic (exact) mass is 238 g/mol. The molecule has 1 amide bonds. The van der Waals surface area contributed by atoms with Gasteiger partial charge in [0.2, 0.25) is 0 Å². The molecular weight excluding hydrogens is 220 g/mol. The van der Waals surface area contributed by atoms with Gasteiger partial charge in [-0.15, -0.1) is 0 Å². The number of hydrogen-bond acceptors (Lipinski definition) is 4. The summed E-state index contributed by atoms with van der Waals surface area (Å²) in [5.74, 6) is -0.135. The van der Waals surface area contributed by atoms with Crippen molar-refractivity contribution in [3.8, 4) is 0 Å². The molecule has 0 spiro atoms. The Morgan fingerprint density at radius 2 is 2.29 bits per heavy atom. The molecule has 1 aromatic rings. The summed E-state index contributed by atoms with van der Waals surface area (Å²) in [5.41, 5.74) is 6.79. The Labute approximate surface area is 100 Å². The van der Waals surface area contributed by atoms with Crippen LogP contribution in [0.2, 0.25) is 0 Å². The fraction of sp³-hybridized carbons (Fsp3) is 0.636. The van der Waals surface area contributed by atoms with Gasteiger partial charge in [-0.3, -0.25) is 9.48 Å².